The quantitative estimate of drug-likeness (QED) is 0.275. The van der Waals surface area contributed by atoms with Gasteiger partial charge in [-0.1, -0.05) is 0 Å². The molecule has 0 amide bonds. The van der Waals surface area contributed by atoms with E-state index in [1.54, 1.807) is 0 Å². The standard InChI is InChI=1S/C18H54O4Si8/c1-23(2)19-27(9,10)17(28(11,12)20-24(3)4)18(29(13,14)21-25(5)6)30(15,16)22-26(7)8/h17-18,23-26H,1-16H3. The van der Waals surface area contributed by atoms with Crippen LogP contribution in [0.5, 0.6) is 0 Å². The molecule has 0 rings (SSSR count). The van der Waals surface area contributed by atoms with Crippen molar-refractivity contribution in [2.45, 2.75) is 115 Å². The van der Waals surface area contributed by atoms with Crippen LogP contribution in [0, 0.1) is 0 Å². The molecular formula is C18H54O4Si8. The second-order valence-corrected chi connectivity index (χ2v) is 40.7. The van der Waals surface area contributed by atoms with Gasteiger partial charge in [0.1, 0.15) is 0 Å². The minimum absolute atomic E-state index is 0.513. The van der Waals surface area contributed by atoms with Crippen LogP contribution in [0.25, 0.3) is 0 Å². The number of rotatable bonds is 13. The number of hydrogen-bond donors (Lipinski definition) is 0. The van der Waals surface area contributed by atoms with Crippen LogP contribution in [-0.4, -0.2) is 69.4 Å². The molecule has 12 heteroatoms. The van der Waals surface area contributed by atoms with Gasteiger partial charge in [0, 0.05) is 0 Å². The van der Waals surface area contributed by atoms with Gasteiger partial charge in [-0.05, 0) is 115 Å². The van der Waals surface area contributed by atoms with Crippen molar-refractivity contribution in [1.29, 1.82) is 0 Å². The van der Waals surface area contributed by atoms with Crippen LogP contribution in [0.3, 0.4) is 0 Å². The topological polar surface area (TPSA) is 36.9 Å². The molecule has 0 radical (unpaired) electrons. The smallest absolute Gasteiger partial charge is 0.175 e. The summed E-state index contributed by atoms with van der Waals surface area (Å²) < 4.78 is 27.8. The Morgan fingerprint density at radius 2 is 0.500 bits per heavy atom. The van der Waals surface area contributed by atoms with E-state index in [4.69, 9.17) is 16.5 Å². The Kier molecular flexibility index (Phi) is 12.4. The molecule has 0 unspecified atom stereocenters. The fraction of sp³-hybridized carbons (Fsp3) is 1.00. The minimum Gasteiger partial charge on any atom is -0.458 e. The van der Waals surface area contributed by atoms with Crippen molar-refractivity contribution < 1.29 is 16.5 Å². The zero-order valence-corrected chi connectivity index (χ0v) is 31.7. The maximum Gasteiger partial charge on any atom is 0.175 e. The fourth-order valence-electron chi connectivity index (χ4n) is 6.00. The third-order valence-electron chi connectivity index (χ3n) is 5.49. The minimum atomic E-state index is -2.02. The van der Waals surface area contributed by atoms with Gasteiger partial charge >= 0.3 is 0 Å². The Balaban J connectivity index is 6.86. The molecule has 0 aliphatic heterocycles. The first-order chi connectivity index (χ1) is 13.2. The van der Waals surface area contributed by atoms with E-state index >= 15 is 0 Å². The number of hydrogen-bond acceptors (Lipinski definition) is 4. The Labute approximate surface area is 200 Å². The van der Waals surface area contributed by atoms with Gasteiger partial charge in [-0.2, -0.15) is 0 Å². The molecule has 0 N–H and O–H groups in total. The van der Waals surface area contributed by atoms with Crippen molar-refractivity contribution >= 4 is 69.4 Å². The SMILES string of the molecule is C[SiH](C)O[Si](C)(C)C(C([Si](C)(C)O[SiH](C)C)[Si](C)(C)O[SiH](C)C)[Si](C)(C)O[SiH](C)C. The summed E-state index contributed by atoms with van der Waals surface area (Å²) in [5.74, 6) is 0. The molecule has 0 aromatic heterocycles. The summed E-state index contributed by atoms with van der Waals surface area (Å²) in [5, 5.41) is 1.03. The third-order valence-corrected chi connectivity index (χ3v) is 39.8. The first-order valence-electron chi connectivity index (χ1n) is 11.9. The molecule has 4 nitrogen and oxygen atoms in total. The molecule has 30 heavy (non-hydrogen) atoms. The normalized spacial score (nSPS) is 15.0. The summed E-state index contributed by atoms with van der Waals surface area (Å²) in [7, 11) is -12.7. The first kappa shape index (κ1) is 31.6. The van der Waals surface area contributed by atoms with Crippen molar-refractivity contribution in [2.75, 3.05) is 0 Å². The molecule has 0 aliphatic carbocycles. The van der Waals surface area contributed by atoms with Crippen LogP contribution in [0.4, 0.5) is 0 Å². The van der Waals surface area contributed by atoms with Crippen molar-refractivity contribution in [1.82, 2.24) is 0 Å². The van der Waals surface area contributed by atoms with E-state index in [1.165, 1.54) is 0 Å². The van der Waals surface area contributed by atoms with Crippen molar-refractivity contribution in [3.8, 4) is 0 Å². The molecule has 0 aromatic carbocycles. The van der Waals surface area contributed by atoms with Crippen molar-refractivity contribution in [3.05, 3.63) is 0 Å². The average Bonchev–Trinajstić information content (AvgIpc) is 2.37. The second kappa shape index (κ2) is 11.8. The first-order valence-corrected chi connectivity index (χ1v) is 34.9. The van der Waals surface area contributed by atoms with E-state index in [0.717, 1.165) is 0 Å². The summed E-state index contributed by atoms with van der Waals surface area (Å²) in [6, 6.07) is 0. The predicted molar refractivity (Wildman–Crippen MR) is 157 cm³/mol. The summed E-state index contributed by atoms with van der Waals surface area (Å²) >= 11 is 0. The van der Waals surface area contributed by atoms with E-state index in [1.807, 2.05) is 0 Å². The average molecular weight is 559 g/mol. The van der Waals surface area contributed by atoms with Crippen LogP contribution in [-0.2, 0) is 16.5 Å². The summed E-state index contributed by atoms with van der Waals surface area (Å²) in [4.78, 5) is 0. The molecule has 182 valence electrons. The van der Waals surface area contributed by atoms with E-state index in [-0.39, 0.29) is 0 Å². The molecule has 0 heterocycles. The van der Waals surface area contributed by atoms with Gasteiger partial charge in [-0.3, -0.25) is 0 Å². The van der Waals surface area contributed by atoms with Crippen molar-refractivity contribution in [3.63, 3.8) is 0 Å². The third kappa shape index (κ3) is 9.83. The fourth-order valence-corrected chi connectivity index (χ4v) is 56.5. The Morgan fingerprint density at radius 1 is 0.367 bits per heavy atom. The lowest BCUT2D eigenvalue weighted by Crippen LogP contribution is -2.66. The molecular weight excluding hydrogens is 505 g/mol. The lowest BCUT2D eigenvalue weighted by atomic mass is 10.9. The van der Waals surface area contributed by atoms with E-state index in [0.29, 0.717) is 10.3 Å². The summed E-state index contributed by atoms with van der Waals surface area (Å²) in [6.45, 7) is 38.4. The molecule has 0 bridgehead atoms. The molecule has 0 atom stereocenters. The van der Waals surface area contributed by atoms with Crippen LogP contribution in [0.2, 0.25) is 115 Å². The van der Waals surface area contributed by atoms with E-state index < -0.39 is 69.4 Å². The lowest BCUT2D eigenvalue weighted by Gasteiger charge is -2.55. The van der Waals surface area contributed by atoms with Gasteiger partial charge in [0.25, 0.3) is 0 Å². The van der Waals surface area contributed by atoms with Crippen LogP contribution in [0.15, 0.2) is 0 Å². The monoisotopic (exact) mass is 558 g/mol. The van der Waals surface area contributed by atoms with Gasteiger partial charge in [-0.25, -0.2) is 0 Å². The van der Waals surface area contributed by atoms with Gasteiger partial charge in [0.2, 0.25) is 0 Å². The maximum atomic E-state index is 6.95. The van der Waals surface area contributed by atoms with Crippen LogP contribution in [0.1, 0.15) is 0 Å². The van der Waals surface area contributed by atoms with E-state index in [9.17, 15) is 0 Å². The largest absolute Gasteiger partial charge is 0.458 e. The molecule has 0 fully saturated rings. The summed E-state index contributed by atoms with van der Waals surface area (Å²) in [5.41, 5.74) is 0. The molecule has 0 aliphatic rings. The zero-order chi connectivity index (χ0) is 24.3. The molecule has 0 saturated carbocycles. The highest BCUT2D eigenvalue weighted by Gasteiger charge is 2.61. The van der Waals surface area contributed by atoms with Crippen LogP contribution < -0.4 is 0 Å². The van der Waals surface area contributed by atoms with Crippen molar-refractivity contribution in [2.24, 2.45) is 0 Å². The zero-order valence-electron chi connectivity index (χ0n) is 23.1. The Hall–Kier alpha value is 1.58. The molecule has 0 spiro atoms. The highest BCUT2D eigenvalue weighted by atomic mass is 28.5. The predicted octanol–water partition coefficient (Wildman–Crippen LogP) is 5.63. The Bertz CT molecular complexity index is 434. The lowest BCUT2D eigenvalue weighted by molar-refractivity contribution is 0.487. The van der Waals surface area contributed by atoms with Gasteiger partial charge in [-0.15, -0.1) is 0 Å². The highest BCUT2D eigenvalue weighted by Crippen LogP contribution is 2.53. The van der Waals surface area contributed by atoms with Gasteiger partial charge in [0.15, 0.2) is 69.4 Å². The Morgan fingerprint density at radius 3 is 0.600 bits per heavy atom. The second-order valence-electron chi connectivity index (χ2n) is 12.0. The summed E-state index contributed by atoms with van der Waals surface area (Å²) in [6.07, 6.45) is 0. The van der Waals surface area contributed by atoms with Crippen LogP contribution >= 0.6 is 0 Å². The van der Waals surface area contributed by atoms with Gasteiger partial charge < -0.3 is 16.5 Å². The maximum absolute atomic E-state index is 6.95. The van der Waals surface area contributed by atoms with E-state index in [2.05, 4.69) is 105 Å². The highest BCUT2D eigenvalue weighted by molar-refractivity contribution is 7.04. The van der Waals surface area contributed by atoms with Gasteiger partial charge in [0.05, 0.1) is 0 Å². The molecule has 0 aromatic rings. The molecule has 0 saturated heterocycles.